The first kappa shape index (κ1) is 16.3. The van der Waals surface area contributed by atoms with Gasteiger partial charge in [-0.2, -0.15) is 11.8 Å². The average Bonchev–Trinajstić information content (AvgIpc) is 2.63. The molecule has 108 valence electrons. The molecule has 1 aliphatic heterocycles. The molecule has 0 aliphatic carbocycles. The van der Waals surface area contributed by atoms with Gasteiger partial charge in [0.2, 0.25) is 0 Å². The third kappa shape index (κ3) is 7.62. The van der Waals surface area contributed by atoms with Crippen LogP contribution in [0.5, 0.6) is 0 Å². The Morgan fingerprint density at radius 2 is 2.11 bits per heavy atom. The third-order valence-corrected chi connectivity index (χ3v) is 4.80. The molecule has 0 aromatic rings. The number of likely N-dealkylation sites (tertiary alicyclic amines) is 1. The predicted molar refractivity (Wildman–Crippen MR) is 81.6 cm³/mol. The molecule has 1 N–H and O–H groups in total. The summed E-state index contributed by atoms with van der Waals surface area (Å²) >= 11 is 2.05. The van der Waals surface area contributed by atoms with E-state index in [1.807, 2.05) is 0 Å². The van der Waals surface area contributed by atoms with Gasteiger partial charge in [-0.25, -0.2) is 0 Å². The summed E-state index contributed by atoms with van der Waals surface area (Å²) in [7, 11) is 1.75. The van der Waals surface area contributed by atoms with Crippen LogP contribution < -0.4 is 5.32 Å². The molecule has 1 unspecified atom stereocenters. The van der Waals surface area contributed by atoms with E-state index < -0.39 is 0 Å². The van der Waals surface area contributed by atoms with E-state index in [9.17, 15) is 0 Å². The molecule has 0 bridgehead atoms. The Labute approximate surface area is 117 Å². The largest absolute Gasteiger partial charge is 0.383 e. The molecule has 1 aliphatic rings. The molecule has 18 heavy (non-hydrogen) atoms. The normalized spacial score (nSPS) is 22.0. The number of ether oxygens (including phenoxy) is 1. The minimum Gasteiger partial charge on any atom is -0.383 e. The van der Waals surface area contributed by atoms with Crippen LogP contribution in [0.1, 0.15) is 32.1 Å². The molecule has 0 aromatic heterocycles. The monoisotopic (exact) mass is 274 g/mol. The van der Waals surface area contributed by atoms with Gasteiger partial charge < -0.3 is 15.0 Å². The summed E-state index contributed by atoms with van der Waals surface area (Å²) in [5.74, 6) is 0. The number of methoxy groups -OCH3 is 1. The Balaban J connectivity index is 1.95. The van der Waals surface area contributed by atoms with E-state index in [-0.39, 0.29) is 0 Å². The maximum Gasteiger partial charge on any atom is 0.0587 e. The highest BCUT2D eigenvalue weighted by molar-refractivity contribution is 7.99. The van der Waals surface area contributed by atoms with Gasteiger partial charge in [0.1, 0.15) is 0 Å². The summed E-state index contributed by atoms with van der Waals surface area (Å²) in [6.07, 6.45) is 9.04. The predicted octanol–water partition coefficient (Wildman–Crippen LogP) is 2.22. The van der Waals surface area contributed by atoms with Crippen LogP contribution >= 0.6 is 11.8 Å². The zero-order valence-corrected chi connectivity index (χ0v) is 12.9. The molecule has 0 radical (unpaired) electrons. The summed E-state index contributed by atoms with van der Waals surface area (Å²) < 4.78 is 5.01. The van der Waals surface area contributed by atoms with Crippen molar-refractivity contribution in [2.75, 3.05) is 52.7 Å². The van der Waals surface area contributed by atoms with Crippen LogP contribution in [0.4, 0.5) is 0 Å². The SMILES string of the molecule is COCCNCCCCN1CCCC(SC)CC1. The number of nitrogens with zero attached hydrogens (tertiary/aromatic N) is 1. The lowest BCUT2D eigenvalue weighted by atomic mass is 10.2. The highest BCUT2D eigenvalue weighted by atomic mass is 32.2. The number of unbranched alkanes of at least 4 members (excludes halogenated alkanes) is 1. The second kappa shape index (κ2) is 11.1. The highest BCUT2D eigenvalue weighted by Crippen LogP contribution is 2.21. The van der Waals surface area contributed by atoms with E-state index in [2.05, 4.69) is 28.2 Å². The third-order valence-electron chi connectivity index (χ3n) is 3.66. The minimum absolute atomic E-state index is 0.822. The zero-order valence-electron chi connectivity index (χ0n) is 12.1. The fourth-order valence-corrected chi connectivity index (χ4v) is 3.21. The van der Waals surface area contributed by atoms with Gasteiger partial charge >= 0.3 is 0 Å². The number of rotatable bonds is 9. The van der Waals surface area contributed by atoms with Crippen molar-refractivity contribution in [3.8, 4) is 0 Å². The second-order valence-corrected chi connectivity index (χ2v) is 6.22. The van der Waals surface area contributed by atoms with Gasteiger partial charge in [0, 0.05) is 18.9 Å². The van der Waals surface area contributed by atoms with Crippen molar-refractivity contribution in [2.24, 2.45) is 0 Å². The van der Waals surface area contributed by atoms with E-state index in [0.29, 0.717) is 0 Å². The summed E-state index contributed by atoms with van der Waals surface area (Å²) in [4.78, 5) is 2.66. The molecule has 0 aromatic carbocycles. The molecular formula is C14H30N2OS. The van der Waals surface area contributed by atoms with Crippen molar-refractivity contribution >= 4 is 11.8 Å². The van der Waals surface area contributed by atoms with Crippen LogP contribution in [0.3, 0.4) is 0 Å². The van der Waals surface area contributed by atoms with Gasteiger partial charge in [-0.3, -0.25) is 0 Å². The summed E-state index contributed by atoms with van der Waals surface area (Å²) in [5.41, 5.74) is 0. The quantitative estimate of drug-likeness (QED) is 0.652. The summed E-state index contributed by atoms with van der Waals surface area (Å²) in [6.45, 7) is 6.84. The smallest absolute Gasteiger partial charge is 0.0587 e. The number of thioether (sulfide) groups is 1. The van der Waals surface area contributed by atoms with Crippen LogP contribution in [-0.2, 0) is 4.74 Å². The molecule has 0 spiro atoms. The van der Waals surface area contributed by atoms with Crippen molar-refractivity contribution < 1.29 is 4.74 Å². The van der Waals surface area contributed by atoms with Gasteiger partial charge in [0.15, 0.2) is 0 Å². The molecule has 4 heteroatoms. The highest BCUT2D eigenvalue weighted by Gasteiger charge is 2.15. The lowest BCUT2D eigenvalue weighted by Crippen LogP contribution is -2.27. The van der Waals surface area contributed by atoms with Crippen molar-refractivity contribution in [3.63, 3.8) is 0 Å². The van der Waals surface area contributed by atoms with Crippen LogP contribution in [0.2, 0.25) is 0 Å². The number of hydrogen-bond donors (Lipinski definition) is 1. The van der Waals surface area contributed by atoms with Gasteiger partial charge in [0.25, 0.3) is 0 Å². The lowest BCUT2D eigenvalue weighted by Gasteiger charge is -2.19. The van der Waals surface area contributed by atoms with E-state index >= 15 is 0 Å². The summed E-state index contributed by atoms with van der Waals surface area (Å²) in [6, 6.07) is 0. The molecule has 0 saturated carbocycles. The number of nitrogens with one attached hydrogen (secondary N) is 1. The average molecular weight is 274 g/mol. The van der Waals surface area contributed by atoms with Crippen LogP contribution in [-0.4, -0.2) is 62.8 Å². The van der Waals surface area contributed by atoms with E-state index in [1.165, 1.54) is 51.7 Å². The van der Waals surface area contributed by atoms with Crippen molar-refractivity contribution in [1.29, 1.82) is 0 Å². The van der Waals surface area contributed by atoms with Crippen LogP contribution in [0, 0.1) is 0 Å². The molecule has 1 rings (SSSR count). The first-order valence-electron chi connectivity index (χ1n) is 7.31. The second-order valence-electron chi connectivity index (χ2n) is 5.08. The van der Waals surface area contributed by atoms with Crippen LogP contribution in [0.15, 0.2) is 0 Å². The zero-order chi connectivity index (χ0) is 13.1. The fraction of sp³-hybridized carbons (Fsp3) is 1.00. The Bertz CT molecular complexity index is 193. The van der Waals surface area contributed by atoms with E-state index in [1.54, 1.807) is 7.11 Å². The molecule has 3 nitrogen and oxygen atoms in total. The fourth-order valence-electron chi connectivity index (χ4n) is 2.47. The number of hydrogen-bond acceptors (Lipinski definition) is 4. The van der Waals surface area contributed by atoms with Gasteiger partial charge in [0.05, 0.1) is 6.61 Å². The molecule has 1 heterocycles. The van der Waals surface area contributed by atoms with Crippen LogP contribution in [0.25, 0.3) is 0 Å². The molecule has 0 amide bonds. The topological polar surface area (TPSA) is 24.5 Å². The first-order valence-corrected chi connectivity index (χ1v) is 8.60. The molecular weight excluding hydrogens is 244 g/mol. The van der Waals surface area contributed by atoms with Gasteiger partial charge in [-0.05, 0) is 64.5 Å². The maximum absolute atomic E-state index is 5.01. The minimum atomic E-state index is 0.822. The first-order chi connectivity index (χ1) is 8.86. The summed E-state index contributed by atoms with van der Waals surface area (Å²) in [5, 5.41) is 4.31. The van der Waals surface area contributed by atoms with Gasteiger partial charge in [-0.15, -0.1) is 0 Å². The molecule has 1 saturated heterocycles. The standard InChI is InChI=1S/C14H30N2OS/c1-17-13-9-15-8-3-4-10-16-11-5-6-14(18-2)7-12-16/h14-15H,3-13H2,1-2H3. The van der Waals surface area contributed by atoms with E-state index in [0.717, 1.165) is 24.9 Å². The van der Waals surface area contributed by atoms with Crippen molar-refractivity contribution in [3.05, 3.63) is 0 Å². The van der Waals surface area contributed by atoms with Crippen molar-refractivity contribution in [2.45, 2.75) is 37.4 Å². The Morgan fingerprint density at radius 3 is 2.89 bits per heavy atom. The lowest BCUT2D eigenvalue weighted by molar-refractivity contribution is 0.199. The Morgan fingerprint density at radius 1 is 1.22 bits per heavy atom. The molecule has 1 fully saturated rings. The Kier molecular flexibility index (Phi) is 10.0. The molecule has 1 atom stereocenters. The van der Waals surface area contributed by atoms with Crippen molar-refractivity contribution in [1.82, 2.24) is 10.2 Å². The Hall–Kier alpha value is 0.230. The maximum atomic E-state index is 5.01. The van der Waals surface area contributed by atoms with E-state index in [4.69, 9.17) is 4.74 Å². The van der Waals surface area contributed by atoms with Gasteiger partial charge in [-0.1, -0.05) is 0 Å².